The van der Waals surface area contributed by atoms with Crippen molar-refractivity contribution in [3.63, 3.8) is 0 Å². The molecule has 0 saturated carbocycles. The molecule has 0 saturated heterocycles. The summed E-state index contributed by atoms with van der Waals surface area (Å²) in [4.78, 5) is 22.9. The zero-order valence-corrected chi connectivity index (χ0v) is 12.2. The van der Waals surface area contributed by atoms with Crippen molar-refractivity contribution in [3.8, 4) is 11.5 Å². The lowest BCUT2D eigenvalue weighted by molar-refractivity contribution is -0.142. The molecule has 0 spiro atoms. The van der Waals surface area contributed by atoms with Crippen LogP contribution in [0.3, 0.4) is 0 Å². The molecule has 2 aromatic rings. The fourth-order valence-electron chi connectivity index (χ4n) is 1.54. The lowest BCUT2D eigenvalue weighted by atomic mass is 10.2. The second-order valence-electron chi connectivity index (χ2n) is 4.66. The van der Waals surface area contributed by atoms with E-state index < -0.39 is 18.5 Å². The molecule has 0 fully saturated rings. The normalized spacial score (nSPS) is 9.91. The molecule has 0 aliphatic heterocycles. The molecule has 7 heteroatoms. The Kier molecular flexibility index (Phi) is 5.02. The third kappa shape index (κ3) is 4.55. The second kappa shape index (κ2) is 7.16. The molecule has 114 valence electrons. The Labute approximate surface area is 127 Å². The number of amides is 1. The number of hydrogen-bond donors (Lipinski definition) is 1. The van der Waals surface area contributed by atoms with Gasteiger partial charge in [0.2, 0.25) is 5.89 Å². The summed E-state index contributed by atoms with van der Waals surface area (Å²) in [6.07, 6.45) is 1.30. The predicted octanol–water partition coefficient (Wildman–Crippen LogP) is 2.18. The lowest BCUT2D eigenvalue weighted by Crippen LogP contribution is -2.20. The summed E-state index contributed by atoms with van der Waals surface area (Å²) in [5.41, 5.74) is 1.53. The number of carbonyl (C=O) groups excluding carboxylic acids is 2. The molecule has 0 aliphatic rings. The second-order valence-corrected chi connectivity index (χ2v) is 4.66. The van der Waals surface area contributed by atoms with Gasteiger partial charge in [0.25, 0.3) is 5.91 Å². The van der Waals surface area contributed by atoms with Crippen LogP contribution in [-0.4, -0.2) is 28.7 Å². The molecule has 0 radical (unpaired) electrons. The number of nitrogens with one attached hydrogen (secondary N) is 1. The van der Waals surface area contributed by atoms with Crippen molar-refractivity contribution in [2.45, 2.75) is 13.8 Å². The van der Waals surface area contributed by atoms with E-state index in [1.54, 1.807) is 26.0 Å². The lowest BCUT2D eigenvalue weighted by Gasteiger charge is -2.01. The van der Waals surface area contributed by atoms with Gasteiger partial charge in [-0.3, -0.25) is 10.1 Å². The average Bonchev–Trinajstić information content (AvgIpc) is 2.94. The third-order valence-corrected chi connectivity index (χ3v) is 2.44. The van der Waals surface area contributed by atoms with Gasteiger partial charge < -0.3 is 9.15 Å². The minimum Gasteiger partial charge on any atom is -0.452 e. The van der Waals surface area contributed by atoms with Gasteiger partial charge >= 0.3 is 12.0 Å². The standard InChI is InChI=1S/C15H15N3O4/c1-10(2)8-13(20)21-9-12(19)16-15-18-17-14(22-15)11-6-4-3-5-7-11/h3-8H,9H2,1-2H3,(H,16,18,19). The molecule has 0 atom stereocenters. The Morgan fingerprint density at radius 2 is 1.95 bits per heavy atom. The van der Waals surface area contributed by atoms with Gasteiger partial charge in [-0.25, -0.2) is 4.79 Å². The van der Waals surface area contributed by atoms with Crippen molar-refractivity contribution in [2.75, 3.05) is 11.9 Å². The van der Waals surface area contributed by atoms with Gasteiger partial charge in [-0.05, 0) is 26.0 Å². The van der Waals surface area contributed by atoms with Gasteiger partial charge in [-0.15, -0.1) is 5.10 Å². The van der Waals surface area contributed by atoms with Crippen LogP contribution in [0.1, 0.15) is 13.8 Å². The molecule has 0 aliphatic carbocycles. The summed E-state index contributed by atoms with van der Waals surface area (Å²) in [5.74, 6) is -0.846. The molecule has 1 aromatic carbocycles. The topological polar surface area (TPSA) is 94.3 Å². The van der Waals surface area contributed by atoms with Crippen molar-refractivity contribution >= 4 is 17.9 Å². The monoisotopic (exact) mass is 301 g/mol. The highest BCUT2D eigenvalue weighted by Gasteiger charge is 2.12. The molecule has 0 unspecified atom stereocenters. The summed E-state index contributed by atoms with van der Waals surface area (Å²) >= 11 is 0. The quantitative estimate of drug-likeness (QED) is 0.672. The number of carbonyl (C=O) groups is 2. The summed E-state index contributed by atoms with van der Waals surface area (Å²) in [7, 11) is 0. The van der Waals surface area contributed by atoms with Crippen LogP contribution in [0, 0.1) is 0 Å². The van der Waals surface area contributed by atoms with Crippen LogP contribution in [0.5, 0.6) is 0 Å². The molecule has 1 amide bonds. The van der Waals surface area contributed by atoms with Crippen molar-refractivity contribution in [3.05, 3.63) is 42.0 Å². The zero-order chi connectivity index (χ0) is 15.9. The Morgan fingerprint density at radius 1 is 1.23 bits per heavy atom. The van der Waals surface area contributed by atoms with E-state index in [4.69, 9.17) is 9.15 Å². The number of nitrogens with zero attached hydrogens (tertiary/aromatic N) is 2. The summed E-state index contributed by atoms with van der Waals surface area (Å²) in [6.45, 7) is 3.08. The Morgan fingerprint density at radius 3 is 2.64 bits per heavy atom. The maximum atomic E-state index is 11.6. The highest BCUT2D eigenvalue weighted by Crippen LogP contribution is 2.18. The van der Waals surface area contributed by atoms with Gasteiger partial charge in [0.1, 0.15) is 0 Å². The molecule has 1 aromatic heterocycles. The highest BCUT2D eigenvalue weighted by molar-refractivity contribution is 5.92. The first-order valence-corrected chi connectivity index (χ1v) is 6.55. The molecule has 1 N–H and O–H groups in total. The number of esters is 1. The van der Waals surface area contributed by atoms with E-state index in [0.29, 0.717) is 0 Å². The number of benzene rings is 1. The fourth-order valence-corrected chi connectivity index (χ4v) is 1.54. The van der Waals surface area contributed by atoms with Crippen LogP contribution in [0.2, 0.25) is 0 Å². The van der Waals surface area contributed by atoms with Crippen molar-refractivity contribution < 1.29 is 18.7 Å². The first-order valence-electron chi connectivity index (χ1n) is 6.55. The summed E-state index contributed by atoms with van der Waals surface area (Å²) in [5, 5.41) is 9.90. The summed E-state index contributed by atoms with van der Waals surface area (Å²) in [6, 6.07) is 9.09. The van der Waals surface area contributed by atoms with Gasteiger partial charge in [-0.2, -0.15) is 0 Å². The predicted molar refractivity (Wildman–Crippen MR) is 78.8 cm³/mol. The molecule has 22 heavy (non-hydrogen) atoms. The van der Waals surface area contributed by atoms with Crippen LogP contribution < -0.4 is 5.32 Å². The van der Waals surface area contributed by atoms with Gasteiger partial charge in [-0.1, -0.05) is 28.9 Å². The zero-order valence-electron chi connectivity index (χ0n) is 12.2. The van der Waals surface area contributed by atoms with Crippen molar-refractivity contribution in [2.24, 2.45) is 0 Å². The minimum atomic E-state index is -0.578. The number of anilines is 1. The molecule has 1 heterocycles. The van der Waals surface area contributed by atoms with E-state index in [2.05, 4.69) is 15.5 Å². The molecule has 7 nitrogen and oxygen atoms in total. The van der Waals surface area contributed by atoms with Gasteiger partial charge in [0.15, 0.2) is 6.61 Å². The molecular formula is C15H15N3O4. The van der Waals surface area contributed by atoms with E-state index in [1.807, 2.05) is 18.2 Å². The third-order valence-electron chi connectivity index (χ3n) is 2.44. The van der Waals surface area contributed by atoms with Crippen molar-refractivity contribution in [1.82, 2.24) is 10.2 Å². The Hall–Kier alpha value is -2.96. The van der Waals surface area contributed by atoms with Gasteiger partial charge in [0.05, 0.1) is 0 Å². The molecule has 0 bridgehead atoms. The van der Waals surface area contributed by atoms with Crippen LogP contribution in [-0.2, 0) is 14.3 Å². The molecular weight excluding hydrogens is 286 g/mol. The van der Waals surface area contributed by atoms with E-state index in [9.17, 15) is 9.59 Å². The largest absolute Gasteiger partial charge is 0.452 e. The van der Waals surface area contributed by atoms with Crippen LogP contribution in [0.25, 0.3) is 11.5 Å². The van der Waals surface area contributed by atoms with Crippen LogP contribution in [0.15, 0.2) is 46.4 Å². The number of ether oxygens (including phenoxy) is 1. The van der Waals surface area contributed by atoms with E-state index in [1.165, 1.54) is 6.08 Å². The number of rotatable bonds is 5. The minimum absolute atomic E-state index is 0.0536. The average molecular weight is 301 g/mol. The van der Waals surface area contributed by atoms with Crippen molar-refractivity contribution in [1.29, 1.82) is 0 Å². The first kappa shape index (κ1) is 15.4. The van der Waals surface area contributed by atoms with Crippen LogP contribution >= 0.6 is 0 Å². The fraction of sp³-hybridized carbons (Fsp3) is 0.200. The maximum Gasteiger partial charge on any atom is 0.331 e. The molecule has 2 rings (SSSR count). The number of allylic oxidation sites excluding steroid dienone is 1. The maximum absolute atomic E-state index is 11.6. The van der Waals surface area contributed by atoms with Crippen LogP contribution in [0.4, 0.5) is 6.01 Å². The van der Waals surface area contributed by atoms with Gasteiger partial charge in [0, 0.05) is 11.6 Å². The first-order chi connectivity index (χ1) is 10.5. The number of hydrogen-bond acceptors (Lipinski definition) is 6. The highest BCUT2D eigenvalue weighted by atomic mass is 16.5. The smallest absolute Gasteiger partial charge is 0.331 e. The number of aromatic nitrogens is 2. The van der Waals surface area contributed by atoms with E-state index in [-0.39, 0.29) is 11.9 Å². The Balaban J connectivity index is 1.89. The Bertz CT molecular complexity index is 688. The SMILES string of the molecule is CC(C)=CC(=O)OCC(=O)Nc1nnc(-c2ccccc2)o1. The van der Waals surface area contributed by atoms with E-state index >= 15 is 0 Å². The summed E-state index contributed by atoms with van der Waals surface area (Å²) < 4.78 is 10.1. The van der Waals surface area contributed by atoms with E-state index in [0.717, 1.165) is 11.1 Å².